The van der Waals surface area contributed by atoms with E-state index in [0.29, 0.717) is 16.8 Å². The monoisotopic (exact) mass is 367 g/mol. The van der Waals surface area contributed by atoms with E-state index in [1.807, 2.05) is 35.7 Å². The van der Waals surface area contributed by atoms with Gasteiger partial charge in [0.2, 0.25) is 0 Å². The minimum absolute atomic E-state index is 0.230. The first-order chi connectivity index (χ1) is 12.5. The molecule has 5 nitrogen and oxygen atoms in total. The lowest BCUT2D eigenvalue weighted by atomic mass is 10.0. The number of aromatic nitrogens is 2. The summed E-state index contributed by atoms with van der Waals surface area (Å²) >= 11 is 1.38. The molecule has 3 aromatic rings. The third kappa shape index (κ3) is 4.46. The Morgan fingerprint density at radius 1 is 1.19 bits per heavy atom. The molecule has 0 radical (unpaired) electrons. The highest BCUT2D eigenvalue weighted by Gasteiger charge is 2.17. The van der Waals surface area contributed by atoms with Crippen LogP contribution in [0, 0.1) is 0 Å². The third-order valence-electron chi connectivity index (χ3n) is 3.90. The third-order valence-corrected chi connectivity index (χ3v) is 4.66. The normalized spacial score (nSPS) is 12.0. The molecule has 134 valence electrons. The molecule has 0 spiro atoms. The van der Waals surface area contributed by atoms with E-state index in [4.69, 9.17) is 4.74 Å². The Labute approximate surface area is 157 Å². The fourth-order valence-electron chi connectivity index (χ4n) is 2.39. The molecular weight excluding hydrogens is 346 g/mol. The van der Waals surface area contributed by atoms with Crippen molar-refractivity contribution in [1.82, 2.24) is 9.97 Å². The number of carbonyl (C=O) groups excluding carboxylic acids is 1. The molecule has 1 atom stereocenters. The first-order valence-electron chi connectivity index (χ1n) is 8.46. The number of rotatable bonds is 6. The minimum atomic E-state index is -0.622. The summed E-state index contributed by atoms with van der Waals surface area (Å²) in [5, 5.41) is 5.25. The summed E-state index contributed by atoms with van der Waals surface area (Å²) < 4.78 is 5.79. The van der Waals surface area contributed by atoms with Gasteiger partial charge in [-0.3, -0.25) is 15.1 Å². The number of nitrogens with one attached hydrogen (secondary N) is 1. The van der Waals surface area contributed by atoms with Crippen molar-refractivity contribution in [3.05, 3.63) is 59.7 Å². The van der Waals surface area contributed by atoms with Crippen molar-refractivity contribution in [1.29, 1.82) is 0 Å². The molecule has 1 aromatic carbocycles. The van der Waals surface area contributed by atoms with Crippen molar-refractivity contribution >= 4 is 22.4 Å². The van der Waals surface area contributed by atoms with Crippen LogP contribution in [0.15, 0.2) is 54.2 Å². The molecule has 1 N–H and O–H groups in total. The van der Waals surface area contributed by atoms with Crippen LogP contribution in [0.4, 0.5) is 5.13 Å². The number of hydrogen-bond acceptors (Lipinski definition) is 5. The highest BCUT2D eigenvalue weighted by Crippen LogP contribution is 2.25. The highest BCUT2D eigenvalue weighted by atomic mass is 32.1. The van der Waals surface area contributed by atoms with Gasteiger partial charge < -0.3 is 4.74 Å². The van der Waals surface area contributed by atoms with Crippen molar-refractivity contribution in [3.63, 3.8) is 0 Å². The molecule has 2 heterocycles. The fraction of sp³-hybridized carbons (Fsp3) is 0.250. The standard InChI is InChI=1S/C20H21N3O2S/c1-13(2)15-6-4-8-17(10-15)25-14(3)19(24)23-20-22-18(12-26-20)16-7-5-9-21-11-16/h4-14H,1-3H3,(H,22,23,24). The molecule has 26 heavy (non-hydrogen) atoms. The predicted molar refractivity (Wildman–Crippen MR) is 105 cm³/mol. The molecule has 6 heteroatoms. The predicted octanol–water partition coefficient (Wildman–Crippen LogP) is 4.73. The van der Waals surface area contributed by atoms with Crippen LogP contribution >= 0.6 is 11.3 Å². The van der Waals surface area contributed by atoms with Crippen LogP contribution < -0.4 is 10.1 Å². The second-order valence-electron chi connectivity index (χ2n) is 6.26. The Kier molecular flexibility index (Phi) is 5.63. The van der Waals surface area contributed by atoms with Crippen LogP contribution in [0.1, 0.15) is 32.3 Å². The van der Waals surface area contributed by atoms with E-state index in [1.54, 1.807) is 19.3 Å². The molecule has 2 aromatic heterocycles. The summed E-state index contributed by atoms with van der Waals surface area (Å²) in [6, 6.07) is 11.6. The minimum Gasteiger partial charge on any atom is -0.481 e. The van der Waals surface area contributed by atoms with E-state index in [0.717, 1.165) is 11.3 Å². The lowest BCUT2D eigenvalue weighted by Gasteiger charge is -2.15. The smallest absolute Gasteiger partial charge is 0.266 e. The zero-order valence-electron chi connectivity index (χ0n) is 15.0. The number of amides is 1. The summed E-state index contributed by atoms with van der Waals surface area (Å²) in [5.74, 6) is 0.866. The maximum atomic E-state index is 12.4. The number of hydrogen-bond donors (Lipinski definition) is 1. The number of thiazole rings is 1. The van der Waals surface area contributed by atoms with Gasteiger partial charge in [-0.25, -0.2) is 4.98 Å². The summed E-state index contributed by atoms with van der Waals surface area (Å²) in [7, 11) is 0. The van der Waals surface area contributed by atoms with E-state index >= 15 is 0 Å². The van der Waals surface area contributed by atoms with Crippen molar-refractivity contribution in [2.45, 2.75) is 32.8 Å². The van der Waals surface area contributed by atoms with Gasteiger partial charge in [0.25, 0.3) is 5.91 Å². The maximum Gasteiger partial charge on any atom is 0.266 e. The first kappa shape index (κ1) is 18.1. The van der Waals surface area contributed by atoms with E-state index in [1.165, 1.54) is 16.9 Å². The molecule has 1 amide bonds. The van der Waals surface area contributed by atoms with Gasteiger partial charge in [0.1, 0.15) is 5.75 Å². The average Bonchev–Trinajstić information content (AvgIpc) is 3.11. The Bertz CT molecular complexity index is 878. The lowest BCUT2D eigenvalue weighted by Crippen LogP contribution is -2.30. The van der Waals surface area contributed by atoms with Gasteiger partial charge in [-0.05, 0) is 42.7 Å². The van der Waals surface area contributed by atoms with Gasteiger partial charge in [0, 0.05) is 23.3 Å². The summed E-state index contributed by atoms with van der Waals surface area (Å²) in [4.78, 5) is 20.9. The number of ether oxygens (including phenoxy) is 1. The topological polar surface area (TPSA) is 64.1 Å². The lowest BCUT2D eigenvalue weighted by molar-refractivity contribution is -0.122. The first-order valence-corrected chi connectivity index (χ1v) is 9.34. The number of benzene rings is 1. The molecule has 0 saturated heterocycles. The largest absolute Gasteiger partial charge is 0.481 e. The maximum absolute atomic E-state index is 12.4. The van der Waals surface area contributed by atoms with Gasteiger partial charge in [-0.1, -0.05) is 26.0 Å². The SMILES string of the molecule is CC(Oc1cccc(C(C)C)c1)C(=O)Nc1nc(-c2cccnc2)cs1. The van der Waals surface area contributed by atoms with Gasteiger partial charge >= 0.3 is 0 Å². The molecule has 3 rings (SSSR count). The van der Waals surface area contributed by atoms with Crippen molar-refractivity contribution < 1.29 is 9.53 Å². The molecule has 0 aliphatic carbocycles. The van der Waals surface area contributed by atoms with Gasteiger partial charge in [-0.15, -0.1) is 11.3 Å². The second kappa shape index (κ2) is 8.10. The second-order valence-corrected chi connectivity index (χ2v) is 7.11. The fourth-order valence-corrected chi connectivity index (χ4v) is 3.11. The van der Waals surface area contributed by atoms with Crippen LogP contribution in [0.2, 0.25) is 0 Å². The number of carbonyl (C=O) groups is 1. The van der Waals surface area contributed by atoms with Crippen molar-refractivity contribution in [2.24, 2.45) is 0 Å². The molecule has 0 saturated carbocycles. The van der Waals surface area contributed by atoms with Crippen LogP contribution in [-0.2, 0) is 4.79 Å². The van der Waals surface area contributed by atoms with E-state index in [9.17, 15) is 4.79 Å². The number of anilines is 1. The van der Waals surface area contributed by atoms with Crippen molar-refractivity contribution in [3.8, 4) is 17.0 Å². The average molecular weight is 367 g/mol. The van der Waals surface area contributed by atoms with Crippen LogP contribution in [0.3, 0.4) is 0 Å². The summed E-state index contributed by atoms with van der Waals surface area (Å²) in [5.41, 5.74) is 2.88. The summed E-state index contributed by atoms with van der Waals surface area (Å²) in [6.45, 7) is 5.97. The Morgan fingerprint density at radius 3 is 2.77 bits per heavy atom. The molecule has 0 aliphatic heterocycles. The molecular formula is C20H21N3O2S. The number of nitrogens with zero attached hydrogens (tertiary/aromatic N) is 2. The molecule has 0 bridgehead atoms. The quantitative estimate of drug-likeness (QED) is 0.684. The Hall–Kier alpha value is -2.73. The van der Waals surface area contributed by atoms with Gasteiger partial charge in [0.15, 0.2) is 11.2 Å². The van der Waals surface area contributed by atoms with E-state index in [-0.39, 0.29) is 5.91 Å². The highest BCUT2D eigenvalue weighted by molar-refractivity contribution is 7.14. The zero-order chi connectivity index (χ0) is 18.5. The van der Waals surface area contributed by atoms with Crippen LogP contribution in [0.5, 0.6) is 5.75 Å². The van der Waals surface area contributed by atoms with Crippen molar-refractivity contribution in [2.75, 3.05) is 5.32 Å². The Balaban J connectivity index is 1.63. The van der Waals surface area contributed by atoms with Crippen LogP contribution in [-0.4, -0.2) is 22.0 Å². The van der Waals surface area contributed by atoms with Crippen LogP contribution in [0.25, 0.3) is 11.3 Å². The molecule has 0 fully saturated rings. The Morgan fingerprint density at radius 2 is 2.04 bits per heavy atom. The molecule has 1 unspecified atom stereocenters. The zero-order valence-corrected chi connectivity index (χ0v) is 15.8. The van der Waals surface area contributed by atoms with Gasteiger partial charge in [0.05, 0.1) is 5.69 Å². The van der Waals surface area contributed by atoms with E-state index in [2.05, 4.69) is 35.2 Å². The van der Waals surface area contributed by atoms with Gasteiger partial charge in [-0.2, -0.15) is 0 Å². The molecule has 0 aliphatic rings. The number of pyridine rings is 1. The summed E-state index contributed by atoms with van der Waals surface area (Å²) in [6.07, 6.45) is 2.84. The van der Waals surface area contributed by atoms with E-state index < -0.39 is 6.10 Å².